The summed E-state index contributed by atoms with van der Waals surface area (Å²) in [7, 11) is 4.86. The molecule has 5 aromatic carbocycles. The molecule has 0 saturated carbocycles. The first-order valence-electron chi connectivity index (χ1n) is 23.9. The molecule has 1 aliphatic carbocycles. The molecule has 7 rings (SSSR count). The molecule has 15 nitrogen and oxygen atoms in total. The zero-order valence-electron chi connectivity index (χ0n) is 40.8. The highest BCUT2D eigenvalue weighted by molar-refractivity contribution is 6.08. The average molecular weight is 975 g/mol. The van der Waals surface area contributed by atoms with E-state index in [1.165, 1.54) is 0 Å². The van der Waals surface area contributed by atoms with Gasteiger partial charge in [-0.25, -0.2) is 0 Å². The second-order valence-electron chi connectivity index (χ2n) is 16.9. The number of benzene rings is 5. The van der Waals surface area contributed by atoms with Gasteiger partial charge in [-0.3, -0.25) is 19.2 Å². The van der Waals surface area contributed by atoms with E-state index in [-0.39, 0.29) is 77.9 Å². The second kappa shape index (κ2) is 25.4. The van der Waals surface area contributed by atoms with Crippen molar-refractivity contribution in [3.05, 3.63) is 131 Å². The fourth-order valence-electron chi connectivity index (χ4n) is 8.85. The normalized spacial score (nSPS) is 14.9. The van der Waals surface area contributed by atoms with Gasteiger partial charge < -0.3 is 52.1 Å². The lowest BCUT2D eigenvalue weighted by molar-refractivity contribution is -0.153. The Bertz CT molecular complexity index is 2580. The van der Waals surface area contributed by atoms with Crippen molar-refractivity contribution in [3.63, 3.8) is 0 Å². The summed E-state index contributed by atoms with van der Waals surface area (Å²) in [5.74, 6) is 0.286. The van der Waals surface area contributed by atoms with Gasteiger partial charge in [0.1, 0.15) is 49.3 Å². The van der Waals surface area contributed by atoms with Gasteiger partial charge in [-0.1, -0.05) is 78.9 Å². The third-order valence-electron chi connectivity index (χ3n) is 12.4. The minimum absolute atomic E-state index is 0.0320. The maximum Gasteiger partial charge on any atom is 0.306 e. The number of esters is 4. The van der Waals surface area contributed by atoms with Gasteiger partial charge in [0.05, 0.1) is 66.7 Å². The summed E-state index contributed by atoms with van der Waals surface area (Å²) < 4.78 is 61.7. The lowest BCUT2D eigenvalue weighted by atomic mass is 9.80. The largest absolute Gasteiger partial charge is 0.497 e. The maximum atomic E-state index is 12.8. The molecule has 0 aromatic heterocycles. The molecule has 71 heavy (non-hydrogen) atoms. The topological polar surface area (TPSA) is 170 Å². The van der Waals surface area contributed by atoms with E-state index < -0.39 is 29.1 Å². The van der Waals surface area contributed by atoms with E-state index in [9.17, 15) is 19.2 Å². The minimum Gasteiger partial charge on any atom is -0.497 e. The van der Waals surface area contributed by atoms with Crippen LogP contribution in [-0.2, 0) is 68.3 Å². The van der Waals surface area contributed by atoms with E-state index in [1.807, 2.05) is 79.7 Å². The second-order valence-corrected chi connectivity index (χ2v) is 16.9. The van der Waals surface area contributed by atoms with Crippen LogP contribution in [0.2, 0.25) is 0 Å². The van der Waals surface area contributed by atoms with Crippen LogP contribution in [0, 0.1) is 0 Å². The van der Waals surface area contributed by atoms with Crippen LogP contribution in [0.5, 0.6) is 17.2 Å². The molecule has 0 saturated heterocycles. The zero-order valence-corrected chi connectivity index (χ0v) is 40.8. The zero-order chi connectivity index (χ0) is 50.1. The Morgan fingerprint density at radius 2 is 1.00 bits per heavy atom. The average Bonchev–Trinajstić information content (AvgIpc) is 3.67. The van der Waals surface area contributed by atoms with Crippen molar-refractivity contribution in [1.82, 2.24) is 0 Å². The smallest absolute Gasteiger partial charge is 0.306 e. The summed E-state index contributed by atoms with van der Waals surface area (Å²) in [5.41, 5.74) is 4.74. The van der Waals surface area contributed by atoms with Gasteiger partial charge >= 0.3 is 23.9 Å². The highest BCUT2D eigenvalue weighted by atomic mass is 16.6. The minimum atomic E-state index is -1.01. The van der Waals surface area contributed by atoms with Crippen molar-refractivity contribution < 1.29 is 71.3 Å². The number of hydrogen-bond acceptors (Lipinski definition) is 15. The monoisotopic (exact) mass is 974 g/mol. The van der Waals surface area contributed by atoms with Gasteiger partial charge in [-0.2, -0.15) is 0 Å². The van der Waals surface area contributed by atoms with Crippen LogP contribution in [0.3, 0.4) is 0 Å². The van der Waals surface area contributed by atoms with Crippen LogP contribution >= 0.6 is 0 Å². The molecule has 1 unspecified atom stereocenters. The number of unbranched alkanes of at least 4 members (excludes halogenated alkanes) is 1. The lowest BCUT2D eigenvalue weighted by Crippen LogP contribution is -2.35. The molecule has 1 heterocycles. The van der Waals surface area contributed by atoms with Gasteiger partial charge in [-0.05, 0) is 72.2 Å². The number of ether oxygens (including phenoxy) is 11. The van der Waals surface area contributed by atoms with E-state index >= 15 is 0 Å². The Morgan fingerprint density at radius 1 is 0.521 bits per heavy atom. The van der Waals surface area contributed by atoms with Gasteiger partial charge in [0.15, 0.2) is 5.60 Å². The molecule has 1 aliphatic heterocycles. The van der Waals surface area contributed by atoms with Gasteiger partial charge in [0.2, 0.25) is 0 Å². The fourth-order valence-corrected chi connectivity index (χ4v) is 8.85. The van der Waals surface area contributed by atoms with Crippen LogP contribution in [-0.4, -0.2) is 111 Å². The van der Waals surface area contributed by atoms with E-state index in [0.717, 1.165) is 61.2 Å². The number of hydrogen-bond donors (Lipinski definition) is 0. The summed E-state index contributed by atoms with van der Waals surface area (Å²) >= 11 is 0. The lowest BCUT2D eigenvalue weighted by Gasteiger charge is -2.39. The van der Waals surface area contributed by atoms with Crippen molar-refractivity contribution in [1.29, 1.82) is 0 Å². The molecule has 0 bridgehead atoms. The Kier molecular flexibility index (Phi) is 18.6. The molecule has 2 aliphatic rings. The predicted molar refractivity (Wildman–Crippen MR) is 263 cm³/mol. The highest BCUT2D eigenvalue weighted by Gasteiger charge is 2.47. The summed E-state index contributed by atoms with van der Waals surface area (Å²) in [6, 6.07) is 32.2. The first-order valence-corrected chi connectivity index (χ1v) is 23.9. The molecular formula is C56H62O15. The summed E-state index contributed by atoms with van der Waals surface area (Å²) in [5, 5.41) is 1.96. The molecular weight excluding hydrogens is 913 g/mol. The van der Waals surface area contributed by atoms with Crippen molar-refractivity contribution in [2.24, 2.45) is 0 Å². The molecule has 0 amide bonds. The van der Waals surface area contributed by atoms with Crippen LogP contribution in [0.15, 0.2) is 103 Å². The first-order chi connectivity index (χ1) is 34.6. The van der Waals surface area contributed by atoms with Crippen LogP contribution in [0.1, 0.15) is 73.3 Å². The molecule has 5 aromatic rings. The number of fused-ring (bicyclic) bond motifs is 8. The SMILES string of the molecule is COCCOCCOC(=O)CCCCC(=O)OCCOCCOC(=O)CCC(=O)OCCOC1(C)c2ccccc2-c2c1c1c(c3ccccc23)OC(c2ccc(OC)cc2)(c2ccc(OC)cc2)C=C1. The molecule has 15 heteroatoms. The van der Waals surface area contributed by atoms with E-state index in [0.29, 0.717) is 38.4 Å². The van der Waals surface area contributed by atoms with Crippen molar-refractivity contribution in [2.75, 3.05) is 87.4 Å². The Morgan fingerprint density at radius 3 is 1.54 bits per heavy atom. The summed E-state index contributed by atoms with van der Waals surface area (Å²) in [6.45, 7) is 3.66. The molecule has 0 N–H and O–H groups in total. The van der Waals surface area contributed by atoms with E-state index in [1.54, 1.807) is 21.3 Å². The summed E-state index contributed by atoms with van der Waals surface area (Å²) in [6.07, 6.45) is 5.23. The maximum absolute atomic E-state index is 12.8. The molecule has 376 valence electrons. The Balaban J connectivity index is 0.887. The van der Waals surface area contributed by atoms with Crippen LogP contribution in [0.25, 0.3) is 28.0 Å². The first kappa shape index (κ1) is 52.1. The van der Waals surface area contributed by atoms with Crippen LogP contribution < -0.4 is 14.2 Å². The fraction of sp³-hybridized carbons (Fsp3) is 0.393. The molecule has 0 fully saturated rings. The Hall–Kier alpha value is -6.78. The number of carbonyl (C=O) groups is 4. The molecule has 0 radical (unpaired) electrons. The number of carbonyl (C=O) groups excluding carboxylic acids is 4. The number of methoxy groups -OCH3 is 3. The van der Waals surface area contributed by atoms with Crippen molar-refractivity contribution >= 4 is 40.7 Å². The highest BCUT2D eigenvalue weighted by Crippen LogP contribution is 2.58. The third kappa shape index (κ3) is 12.8. The van der Waals surface area contributed by atoms with Crippen LogP contribution in [0.4, 0.5) is 0 Å². The van der Waals surface area contributed by atoms with E-state index in [2.05, 4.69) is 36.4 Å². The summed E-state index contributed by atoms with van der Waals surface area (Å²) in [4.78, 5) is 49.0. The standard InChI is InChI=1S/C56H62O15/c1-55(70-38-37-69-51(60)26-25-50(59)68-36-33-65-32-35-67-49(58)16-10-9-15-48(57)66-34-31-64-30-29-61-2)47-14-8-7-13-45(47)52-43-11-5-6-12-44(43)54-46(53(52)55)27-28-56(71-54,39-17-21-41(62-3)22-18-39)40-19-23-42(63-4)24-20-40/h5-8,11-14,17-24,27-28H,9-10,15-16,25-26,29-38H2,1-4H3. The van der Waals surface area contributed by atoms with Crippen molar-refractivity contribution in [2.45, 2.75) is 56.7 Å². The molecule has 0 spiro atoms. The number of rotatable bonds is 28. The molecule has 1 atom stereocenters. The van der Waals surface area contributed by atoms with Gasteiger partial charge in [-0.15, -0.1) is 0 Å². The quantitative estimate of drug-likeness (QED) is 0.0265. The Labute approximate surface area is 414 Å². The third-order valence-corrected chi connectivity index (χ3v) is 12.4. The predicted octanol–water partition coefficient (Wildman–Crippen LogP) is 8.66. The van der Waals surface area contributed by atoms with Gasteiger partial charge in [0, 0.05) is 47.6 Å². The van der Waals surface area contributed by atoms with Crippen molar-refractivity contribution in [3.8, 4) is 28.4 Å². The van der Waals surface area contributed by atoms with E-state index in [4.69, 9.17) is 52.1 Å². The van der Waals surface area contributed by atoms with Gasteiger partial charge in [0.25, 0.3) is 0 Å².